The summed E-state index contributed by atoms with van der Waals surface area (Å²) >= 11 is 0. The molecule has 1 fully saturated rings. The topological polar surface area (TPSA) is 15.3 Å². The molecule has 15 heavy (non-hydrogen) atoms. The molecule has 1 N–H and O–H groups in total. The summed E-state index contributed by atoms with van der Waals surface area (Å²) in [7, 11) is 2.32. The van der Waals surface area contributed by atoms with Crippen LogP contribution in [-0.4, -0.2) is 36.6 Å². The van der Waals surface area contributed by atoms with Crippen molar-refractivity contribution in [2.24, 2.45) is 0 Å². The van der Waals surface area contributed by atoms with Crippen LogP contribution >= 0.6 is 0 Å². The first-order valence-electron chi connectivity index (χ1n) is 6.68. The highest BCUT2D eigenvalue weighted by atomic mass is 15.2. The summed E-state index contributed by atoms with van der Waals surface area (Å²) in [6, 6.07) is 2.38. The predicted molar refractivity (Wildman–Crippen MR) is 67.2 cm³/mol. The van der Waals surface area contributed by atoms with Gasteiger partial charge in [-0.1, -0.05) is 20.8 Å². The van der Waals surface area contributed by atoms with Gasteiger partial charge in [-0.15, -0.1) is 0 Å². The minimum Gasteiger partial charge on any atom is -0.314 e. The lowest BCUT2D eigenvalue weighted by molar-refractivity contribution is 0.163. The third-order valence-corrected chi connectivity index (χ3v) is 3.99. The summed E-state index contributed by atoms with van der Waals surface area (Å²) in [6.07, 6.45) is 6.67. The van der Waals surface area contributed by atoms with Gasteiger partial charge >= 0.3 is 0 Å². The highest BCUT2D eigenvalue weighted by Crippen LogP contribution is 2.26. The van der Waals surface area contributed by atoms with Crippen LogP contribution in [0, 0.1) is 0 Å². The Balaban J connectivity index is 2.38. The van der Waals surface area contributed by atoms with E-state index >= 15 is 0 Å². The van der Waals surface area contributed by atoms with E-state index in [1.54, 1.807) is 0 Å². The quantitative estimate of drug-likeness (QED) is 0.728. The van der Waals surface area contributed by atoms with Crippen LogP contribution in [0.1, 0.15) is 52.9 Å². The van der Waals surface area contributed by atoms with Crippen molar-refractivity contribution in [2.45, 2.75) is 71.0 Å². The number of hydrogen-bond acceptors (Lipinski definition) is 2. The van der Waals surface area contributed by atoms with Gasteiger partial charge in [0.25, 0.3) is 0 Å². The molecular weight excluding hydrogens is 184 g/mol. The van der Waals surface area contributed by atoms with E-state index in [9.17, 15) is 0 Å². The van der Waals surface area contributed by atoms with E-state index < -0.39 is 0 Å². The van der Waals surface area contributed by atoms with Gasteiger partial charge in [0.2, 0.25) is 0 Å². The average Bonchev–Trinajstić information content (AvgIpc) is 2.68. The minimum atomic E-state index is 0.775. The highest BCUT2D eigenvalue weighted by Gasteiger charge is 2.29. The lowest BCUT2D eigenvalue weighted by atomic mass is 10.1. The first-order valence-corrected chi connectivity index (χ1v) is 6.68. The molecule has 2 unspecified atom stereocenters. The molecule has 0 radical (unpaired) electrons. The smallest absolute Gasteiger partial charge is 0.0110 e. The molecule has 1 rings (SSSR count). The Hall–Kier alpha value is -0.0800. The molecule has 0 amide bonds. The molecule has 0 aromatic carbocycles. The Morgan fingerprint density at radius 2 is 1.87 bits per heavy atom. The molecule has 2 heteroatoms. The highest BCUT2D eigenvalue weighted by molar-refractivity contribution is 4.87. The second-order valence-electron chi connectivity index (χ2n) is 4.86. The van der Waals surface area contributed by atoms with Gasteiger partial charge in [0.15, 0.2) is 0 Å². The van der Waals surface area contributed by atoms with Crippen molar-refractivity contribution in [3.05, 3.63) is 0 Å². The van der Waals surface area contributed by atoms with Crippen molar-refractivity contribution in [1.29, 1.82) is 0 Å². The molecule has 0 heterocycles. The first-order chi connectivity index (χ1) is 7.22. The van der Waals surface area contributed by atoms with Crippen LogP contribution in [0.5, 0.6) is 0 Å². The van der Waals surface area contributed by atoms with Crippen LogP contribution in [0.15, 0.2) is 0 Å². The molecule has 1 aliphatic rings. The van der Waals surface area contributed by atoms with E-state index in [2.05, 4.69) is 38.0 Å². The van der Waals surface area contributed by atoms with Crippen molar-refractivity contribution in [2.75, 3.05) is 13.6 Å². The van der Waals surface area contributed by atoms with Gasteiger partial charge in [0.05, 0.1) is 0 Å². The van der Waals surface area contributed by atoms with E-state index in [1.165, 1.54) is 32.1 Å². The van der Waals surface area contributed by atoms with Gasteiger partial charge in [-0.25, -0.2) is 0 Å². The Kier molecular flexibility index (Phi) is 5.62. The zero-order valence-corrected chi connectivity index (χ0v) is 10.9. The summed E-state index contributed by atoms with van der Waals surface area (Å²) in [4.78, 5) is 2.62. The maximum Gasteiger partial charge on any atom is 0.0110 e. The molecule has 0 aromatic rings. The fourth-order valence-electron chi connectivity index (χ4n) is 2.96. The molecule has 1 saturated carbocycles. The van der Waals surface area contributed by atoms with Crippen LogP contribution < -0.4 is 5.32 Å². The molecule has 0 bridgehead atoms. The lowest BCUT2D eigenvalue weighted by Crippen LogP contribution is -2.39. The second kappa shape index (κ2) is 6.49. The van der Waals surface area contributed by atoms with Crippen molar-refractivity contribution >= 4 is 0 Å². The Morgan fingerprint density at radius 3 is 2.40 bits per heavy atom. The monoisotopic (exact) mass is 212 g/mol. The van der Waals surface area contributed by atoms with Crippen molar-refractivity contribution in [1.82, 2.24) is 10.2 Å². The van der Waals surface area contributed by atoms with Gasteiger partial charge in [0.1, 0.15) is 0 Å². The van der Waals surface area contributed by atoms with Gasteiger partial charge in [-0.2, -0.15) is 0 Å². The standard InChI is InChI=1S/C13H28N2/c1-5-12(6-2)15(4)13-9-8-11(10-13)14-7-3/h11-14H,5-10H2,1-4H3. The molecular formula is C13H28N2. The third-order valence-electron chi connectivity index (χ3n) is 3.99. The van der Waals surface area contributed by atoms with Crippen molar-refractivity contribution in [3.8, 4) is 0 Å². The average molecular weight is 212 g/mol. The fraction of sp³-hybridized carbons (Fsp3) is 1.00. The normalized spacial score (nSPS) is 26.8. The Labute approximate surface area is 95.4 Å². The molecule has 90 valence electrons. The van der Waals surface area contributed by atoms with Gasteiger partial charge < -0.3 is 10.2 Å². The predicted octanol–water partition coefficient (Wildman–Crippen LogP) is 2.64. The zero-order chi connectivity index (χ0) is 11.3. The summed E-state index contributed by atoms with van der Waals surface area (Å²) in [5, 5.41) is 3.58. The third kappa shape index (κ3) is 3.46. The number of nitrogens with zero attached hydrogens (tertiary/aromatic N) is 1. The second-order valence-corrected chi connectivity index (χ2v) is 4.86. The molecule has 0 aliphatic heterocycles. The summed E-state index contributed by atoms with van der Waals surface area (Å²) in [5.74, 6) is 0. The number of nitrogens with one attached hydrogen (secondary N) is 1. The van der Waals surface area contributed by atoms with Crippen molar-refractivity contribution < 1.29 is 0 Å². The zero-order valence-electron chi connectivity index (χ0n) is 10.9. The van der Waals surface area contributed by atoms with Crippen molar-refractivity contribution in [3.63, 3.8) is 0 Å². The maximum absolute atomic E-state index is 3.58. The molecule has 2 atom stereocenters. The van der Waals surface area contributed by atoms with E-state index in [0.717, 1.165) is 24.7 Å². The SMILES string of the molecule is CCNC1CCC(N(C)C(CC)CC)C1. The number of hydrogen-bond donors (Lipinski definition) is 1. The van der Waals surface area contributed by atoms with Gasteiger partial charge in [-0.05, 0) is 45.7 Å². The summed E-state index contributed by atoms with van der Waals surface area (Å²) < 4.78 is 0. The summed E-state index contributed by atoms with van der Waals surface area (Å²) in [6.45, 7) is 7.94. The van der Waals surface area contributed by atoms with Crippen LogP contribution in [0.25, 0.3) is 0 Å². The van der Waals surface area contributed by atoms with Gasteiger partial charge in [-0.3, -0.25) is 0 Å². The molecule has 2 nitrogen and oxygen atoms in total. The van der Waals surface area contributed by atoms with Crippen LogP contribution in [0.2, 0.25) is 0 Å². The van der Waals surface area contributed by atoms with E-state index in [4.69, 9.17) is 0 Å². The van der Waals surface area contributed by atoms with Gasteiger partial charge in [0, 0.05) is 18.1 Å². The van der Waals surface area contributed by atoms with E-state index in [1.807, 2.05) is 0 Å². The fourth-order valence-corrected chi connectivity index (χ4v) is 2.96. The molecule has 0 saturated heterocycles. The molecule has 1 aliphatic carbocycles. The summed E-state index contributed by atoms with van der Waals surface area (Å²) in [5.41, 5.74) is 0. The largest absolute Gasteiger partial charge is 0.314 e. The molecule has 0 spiro atoms. The lowest BCUT2D eigenvalue weighted by Gasteiger charge is -2.32. The maximum atomic E-state index is 3.58. The first kappa shape index (κ1) is 13.0. The van der Waals surface area contributed by atoms with Crippen LogP contribution in [0.4, 0.5) is 0 Å². The number of rotatable bonds is 6. The van der Waals surface area contributed by atoms with E-state index in [0.29, 0.717) is 0 Å². The Morgan fingerprint density at radius 1 is 1.20 bits per heavy atom. The van der Waals surface area contributed by atoms with E-state index in [-0.39, 0.29) is 0 Å². The van der Waals surface area contributed by atoms with Crippen LogP contribution in [0.3, 0.4) is 0 Å². The minimum absolute atomic E-state index is 0.775. The van der Waals surface area contributed by atoms with Crippen LogP contribution in [-0.2, 0) is 0 Å². The molecule has 0 aromatic heterocycles. The Bertz CT molecular complexity index is 166.